The van der Waals surface area contributed by atoms with E-state index in [1.807, 2.05) is 36.4 Å². The highest BCUT2D eigenvalue weighted by molar-refractivity contribution is 5.97. The van der Waals surface area contributed by atoms with E-state index in [1.165, 1.54) is 5.39 Å². The Kier molecular flexibility index (Phi) is 1.74. The van der Waals surface area contributed by atoms with Crippen LogP contribution >= 0.6 is 0 Å². The molecule has 0 atom stereocenters. The van der Waals surface area contributed by atoms with Gasteiger partial charge in [0.25, 0.3) is 5.84 Å². The maximum Gasteiger partial charge on any atom is 0.270 e. The van der Waals surface area contributed by atoms with Gasteiger partial charge < -0.3 is 0 Å². The van der Waals surface area contributed by atoms with Crippen LogP contribution in [0.1, 0.15) is 5.56 Å². The number of amidine groups is 1. The quantitative estimate of drug-likeness (QED) is 0.470. The van der Waals surface area contributed by atoms with Gasteiger partial charge in [0.05, 0.1) is 5.56 Å². The molecule has 0 radical (unpaired) electrons. The average molecular weight is 171 g/mol. The van der Waals surface area contributed by atoms with Crippen molar-refractivity contribution in [2.75, 3.05) is 0 Å². The summed E-state index contributed by atoms with van der Waals surface area (Å²) in [7, 11) is 0. The van der Waals surface area contributed by atoms with E-state index >= 15 is 0 Å². The molecule has 2 rings (SSSR count). The van der Waals surface area contributed by atoms with Crippen LogP contribution in [0.5, 0.6) is 0 Å². The Balaban J connectivity index is 2.69. The first-order valence-electron chi connectivity index (χ1n) is 4.14. The van der Waals surface area contributed by atoms with Crippen molar-refractivity contribution in [1.82, 2.24) is 0 Å². The van der Waals surface area contributed by atoms with Gasteiger partial charge in [-0.05, 0) is 22.9 Å². The van der Waals surface area contributed by atoms with Crippen molar-refractivity contribution < 1.29 is 5.41 Å². The third-order valence-corrected chi connectivity index (χ3v) is 2.08. The average Bonchev–Trinajstić information content (AvgIpc) is 2.17. The monoisotopic (exact) mass is 171 g/mol. The zero-order valence-electron chi connectivity index (χ0n) is 7.20. The van der Waals surface area contributed by atoms with Gasteiger partial charge in [-0.25, -0.2) is 0 Å². The molecule has 13 heavy (non-hydrogen) atoms. The molecule has 0 aromatic heterocycles. The summed E-state index contributed by atoms with van der Waals surface area (Å²) < 4.78 is 0. The van der Waals surface area contributed by atoms with Crippen molar-refractivity contribution in [1.29, 1.82) is 0 Å². The Morgan fingerprint density at radius 3 is 2.38 bits per heavy atom. The first kappa shape index (κ1) is 7.80. The minimum absolute atomic E-state index is 0.366. The van der Waals surface area contributed by atoms with Crippen molar-refractivity contribution in [2.24, 2.45) is 5.73 Å². The van der Waals surface area contributed by atoms with Gasteiger partial charge in [0.15, 0.2) is 0 Å². The largest absolute Gasteiger partial charge is 0.287 e. The van der Waals surface area contributed by atoms with E-state index in [0.29, 0.717) is 5.84 Å². The molecule has 0 aliphatic rings. The van der Waals surface area contributed by atoms with Gasteiger partial charge in [-0.1, -0.05) is 30.3 Å². The Morgan fingerprint density at radius 2 is 1.69 bits per heavy atom. The summed E-state index contributed by atoms with van der Waals surface area (Å²) in [6.45, 7) is 0. The summed E-state index contributed by atoms with van der Waals surface area (Å²) in [5, 5.41) is 7.86. The second-order valence-corrected chi connectivity index (χ2v) is 3.02. The maximum atomic E-state index is 5.50. The molecule has 0 bridgehead atoms. The molecule has 2 aromatic rings. The summed E-state index contributed by atoms with van der Waals surface area (Å²) in [6, 6.07) is 14.1. The fraction of sp³-hybridized carbons (Fsp3) is 0. The van der Waals surface area contributed by atoms with Crippen molar-refractivity contribution in [3.05, 3.63) is 48.0 Å². The number of benzene rings is 2. The molecule has 0 aliphatic carbocycles. The van der Waals surface area contributed by atoms with Gasteiger partial charge in [-0.2, -0.15) is 0 Å². The predicted octanol–water partition coefficient (Wildman–Crippen LogP) is 0.304. The van der Waals surface area contributed by atoms with E-state index in [4.69, 9.17) is 11.1 Å². The lowest BCUT2D eigenvalue weighted by atomic mass is 10.1. The zero-order valence-corrected chi connectivity index (χ0v) is 7.20. The highest BCUT2D eigenvalue weighted by atomic mass is 14.7. The number of fused-ring (bicyclic) bond motifs is 1. The van der Waals surface area contributed by atoms with E-state index in [2.05, 4.69) is 6.07 Å². The molecule has 2 heteroatoms. The Morgan fingerprint density at radius 1 is 1.00 bits per heavy atom. The van der Waals surface area contributed by atoms with E-state index < -0.39 is 0 Å². The summed E-state index contributed by atoms with van der Waals surface area (Å²) in [6.07, 6.45) is 0. The van der Waals surface area contributed by atoms with Crippen LogP contribution in [0.4, 0.5) is 0 Å². The molecule has 2 aromatic carbocycles. The maximum absolute atomic E-state index is 5.50. The van der Waals surface area contributed by atoms with Crippen molar-refractivity contribution in [3.8, 4) is 0 Å². The van der Waals surface area contributed by atoms with Crippen molar-refractivity contribution in [2.45, 2.75) is 0 Å². The highest BCUT2D eigenvalue weighted by Gasteiger charge is 2.01. The van der Waals surface area contributed by atoms with Gasteiger partial charge >= 0.3 is 0 Å². The summed E-state index contributed by atoms with van der Waals surface area (Å²) in [5.74, 6) is 0.366. The summed E-state index contributed by atoms with van der Waals surface area (Å²) in [4.78, 5) is 0. The molecule has 4 N–H and O–H groups in total. The minimum atomic E-state index is 0.366. The molecule has 0 fully saturated rings. The Bertz CT molecular complexity index is 460. The molecule has 2 nitrogen and oxygen atoms in total. The SMILES string of the molecule is NC(=[NH2+])c1ccc2ccccc2c1. The second-order valence-electron chi connectivity index (χ2n) is 3.02. The minimum Gasteiger partial charge on any atom is -0.287 e. The fourth-order valence-electron chi connectivity index (χ4n) is 1.37. The lowest BCUT2D eigenvalue weighted by Crippen LogP contribution is -2.46. The summed E-state index contributed by atoms with van der Waals surface area (Å²) in [5.41, 5.74) is 6.39. The molecule has 0 saturated carbocycles. The van der Waals surface area contributed by atoms with Gasteiger partial charge in [0.1, 0.15) is 0 Å². The van der Waals surface area contributed by atoms with Crippen LogP contribution in [-0.2, 0) is 0 Å². The summed E-state index contributed by atoms with van der Waals surface area (Å²) >= 11 is 0. The first-order chi connectivity index (χ1) is 6.27. The number of nitrogens with two attached hydrogens (primary N) is 2. The topological polar surface area (TPSA) is 51.6 Å². The van der Waals surface area contributed by atoms with Crippen LogP contribution in [0.15, 0.2) is 42.5 Å². The Labute approximate surface area is 76.5 Å². The zero-order chi connectivity index (χ0) is 9.26. The van der Waals surface area contributed by atoms with E-state index in [-0.39, 0.29) is 0 Å². The first-order valence-corrected chi connectivity index (χ1v) is 4.14. The lowest BCUT2D eigenvalue weighted by Gasteiger charge is -1.98. The lowest BCUT2D eigenvalue weighted by molar-refractivity contribution is -0.114. The molecule has 64 valence electrons. The second kappa shape index (κ2) is 2.90. The van der Waals surface area contributed by atoms with Crippen LogP contribution < -0.4 is 11.1 Å². The van der Waals surface area contributed by atoms with Crippen LogP contribution in [0.25, 0.3) is 10.8 Å². The molecule has 0 heterocycles. The van der Waals surface area contributed by atoms with Crippen molar-refractivity contribution >= 4 is 16.6 Å². The standard InChI is InChI=1S/C11H10N2/c12-11(13)10-6-5-8-3-1-2-4-9(8)7-10/h1-7H,(H3,12,13)/p+1. The number of rotatable bonds is 1. The predicted molar refractivity (Wildman–Crippen MR) is 54.2 cm³/mol. The normalized spacial score (nSPS) is 10.2. The third kappa shape index (κ3) is 1.38. The number of hydrogen-bond acceptors (Lipinski definition) is 0. The van der Waals surface area contributed by atoms with Crippen LogP contribution in [0, 0.1) is 0 Å². The molecular formula is C11H11N2+. The molecule has 0 spiro atoms. The van der Waals surface area contributed by atoms with E-state index in [9.17, 15) is 0 Å². The van der Waals surface area contributed by atoms with Crippen molar-refractivity contribution in [3.63, 3.8) is 0 Å². The van der Waals surface area contributed by atoms with Crippen LogP contribution in [-0.4, -0.2) is 5.84 Å². The highest BCUT2D eigenvalue weighted by Crippen LogP contribution is 2.14. The van der Waals surface area contributed by atoms with Crippen LogP contribution in [0.3, 0.4) is 0 Å². The smallest absolute Gasteiger partial charge is 0.270 e. The van der Waals surface area contributed by atoms with Gasteiger partial charge in [0.2, 0.25) is 0 Å². The van der Waals surface area contributed by atoms with Gasteiger partial charge in [0, 0.05) is 0 Å². The molecular weight excluding hydrogens is 160 g/mol. The fourth-order valence-corrected chi connectivity index (χ4v) is 1.37. The number of hydrogen-bond donors (Lipinski definition) is 2. The molecule has 0 unspecified atom stereocenters. The van der Waals surface area contributed by atoms with E-state index in [1.54, 1.807) is 0 Å². The third-order valence-electron chi connectivity index (χ3n) is 2.08. The van der Waals surface area contributed by atoms with Crippen LogP contribution in [0.2, 0.25) is 0 Å². The Hall–Kier alpha value is -1.83. The van der Waals surface area contributed by atoms with Gasteiger partial charge in [-0.3, -0.25) is 11.1 Å². The molecule has 0 amide bonds. The molecule has 0 saturated heterocycles. The van der Waals surface area contributed by atoms with E-state index in [0.717, 1.165) is 10.9 Å². The van der Waals surface area contributed by atoms with Gasteiger partial charge in [-0.15, -0.1) is 0 Å². The molecule has 0 aliphatic heterocycles.